The smallest absolute Gasteiger partial charge is 0.0470 e. The molecule has 4 heteroatoms. The molecule has 119 valence electrons. The maximum atomic E-state index is 2.67. The van der Waals surface area contributed by atoms with E-state index < -0.39 is 0 Å². The molecule has 0 amide bonds. The van der Waals surface area contributed by atoms with Crippen LogP contribution in [0, 0.1) is 0 Å². The van der Waals surface area contributed by atoms with E-state index in [1.54, 1.807) is 0 Å². The molecule has 0 fully saturated rings. The van der Waals surface area contributed by atoms with Gasteiger partial charge in [0.15, 0.2) is 0 Å². The maximum absolute atomic E-state index is 2.67. The van der Waals surface area contributed by atoms with Crippen LogP contribution in [0.4, 0.5) is 0 Å². The van der Waals surface area contributed by atoms with Gasteiger partial charge in [-0.1, -0.05) is 64.1 Å². The van der Waals surface area contributed by atoms with Gasteiger partial charge in [0, 0.05) is 48.5 Å². The second-order valence-electron chi connectivity index (χ2n) is 5.43. The lowest BCUT2D eigenvalue weighted by molar-refractivity contribution is 0.417. The van der Waals surface area contributed by atoms with Gasteiger partial charge in [-0.05, 0) is 17.5 Å². The highest BCUT2D eigenvalue weighted by atomic mass is 31.1. The fraction of sp³-hybridized carbons (Fsp3) is 0.556. The topological polar surface area (TPSA) is 6.48 Å². The third-order valence-electron chi connectivity index (χ3n) is 4.32. The number of rotatable bonds is 7. The van der Waals surface area contributed by atoms with Crippen molar-refractivity contribution in [3.05, 3.63) is 41.5 Å². The maximum Gasteiger partial charge on any atom is 0.0470 e. The molecule has 1 aromatic rings. The Labute approximate surface area is 140 Å². The third-order valence-corrected chi connectivity index (χ3v) is 7.56. The van der Waals surface area contributed by atoms with Crippen LogP contribution in [0.15, 0.2) is 30.3 Å². The van der Waals surface area contributed by atoms with Crippen LogP contribution in [-0.2, 0) is 6.42 Å². The number of hydrogen-bond acceptors (Lipinski definition) is 2. The summed E-state index contributed by atoms with van der Waals surface area (Å²) >= 11 is 0. The Morgan fingerprint density at radius 1 is 0.955 bits per heavy atom. The van der Waals surface area contributed by atoms with Crippen LogP contribution in [-0.4, -0.2) is 49.6 Å². The Morgan fingerprint density at radius 3 is 2.05 bits per heavy atom. The van der Waals surface area contributed by atoms with Crippen LogP contribution >= 0.6 is 8.22 Å². The molecule has 1 atom stereocenters. The second-order valence-corrected chi connectivity index (χ2v) is 7.86. The molecule has 2 rings (SSSR count). The Balaban J connectivity index is 0.00000242. The van der Waals surface area contributed by atoms with E-state index >= 15 is 0 Å². The van der Waals surface area contributed by atoms with E-state index in [0.29, 0.717) is 5.66 Å². The third kappa shape index (κ3) is 4.22. The first kappa shape index (κ1) is 19.4. The highest BCUT2D eigenvalue weighted by molar-refractivity contribution is 7.53. The lowest BCUT2D eigenvalue weighted by atomic mass is 9.97. The number of nitrogens with zero attached hydrogens (tertiary/aromatic N) is 2. The molecular formula is C18H29BN2P. The van der Waals surface area contributed by atoms with Gasteiger partial charge in [0.05, 0.1) is 0 Å². The number of fused-ring (bicyclic) bond motifs is 1. The Hall–Kier alpha value is -0.625. The normalized spacial score (nSPS) is 17.0. The first-order valence-corrected chi connectivity index (χ1v) is 9.61. The largest absolute Gasteiger partial charge is 0.270 e. The van der Waals surface area contributed by atoms with Crippen LogP contribution < -0.4 is 0 Å². The molecule has 1 aliphatic rings. The van der Waals surface area contributed by atoms with Gasteiger partial charge in [-0.25, -0.2) is 0 Å². The number of benzene rings is 1. The van der Waals surface area contributed by atoms with E-state index in [1.165, 1.54) is 17.5 Å². The van der Waals surface area contributed by atoms with E-state index in [4.69, 9.17) is 0 Å². The lowest BCUT2D eigenvalue weighted by Crippen LogP contribution is -2.34. The van der Waals surface area contributed by atoms with Crippen molar-refractivity contribution < 1.29 is 0 Å². The van der Waals surface area contributed by atoms with Crippen molar-refractivity contribution in [2.24, 2.45) is 0 Å². The molecule has 22 heavy (non-hydrogen) atoms. The molecule has 1 unspecified atom stereocenters. The summed E-state index contributed by atoms with van der Waals surface area (Å²) in [4.78, 5) is 0. The Morgan fingerprint density at radius 2 is 1.50 bits per heavy atom. The quantitative estimate of drug-likeness (QED) is 0.548. The molecule has 0 N–H and O–H groups in total. The van der Waals surface area contributed by atoms with E-state index in [9.17, 15) is 0 Å². The van der Waals surface area contributed by atoms with Gasteiger partial charge >= 0.3 is 0 Å². The number of hydrogen-bond donors (Lipinski definition) is 0. The average Bonchev–Trinajstić information content (AvgIpc) is 2.55. The summed E-state index contributed by atoms with van der Waals surface area (Å²) in [7, 11) is -0.251. The molecule has 2 nitrogen and oxygen atoms in total. The molecule has 0 saturated carbocycles. The van der Waals surface area contributed by atoms with Crippen LogP contribution in [0.25, 0.3) is 6.08 Å². The van der Waals surface area contributed by atoms with Gasteiger partial charge in [-0.15, -0.1) is 0 Å². The first-order valence-electron chi connectivity index (χ1n) is 8.30. The van der Waals surface area contributed by atoms with Crippen molar-refractivity contribution in [3.8, 4) is 0 Å². The predicted molar refractivity (Wildman–Crippen MR) is 101 cm³/mol. The van der Waals surface area contributed by atoms with Gasteiger partial charge in [-0.2, -0.15) is 0 Å². The molecule has 1 aromatic carbocycles. The molecular weight excluding hydrogens is 286 g/mol. The SMILES string of the molecule is CCN(CC)P(C1C=Cc2ccccc2C1)N(CC)CC.[B]. The summed E-state index contributed by atoms with van der Waals surface area (Å²) in [5.74, 6) is 0. The Bertz CT molecular complexity index is 458. The van der Waals surface area contributed by atoms with Gasteiger partial charge in [0.25, 0.3) is 0 Å². The van der Waals surface area contributed by atoms with E-state index in [2.05, 4.69) is 73.5 Å². The fourth-order valence-electron chi connectivity index (χ4n) is 3.17. The monoisotopic (exact) mass is 315 g/mol. The van der Waals surface area contributed by atoms with Crippen LogP contribution in [0.1, 0.15) is 38.8 Å². The van der Waals surface area contributed by atoms with Gasteiger partial charge in [0.1, 0.15) is 0 Å². The summed E-state index contributed by atoms with van der Waals surface area (Å²) in [6, 6.07) is 8.84. The molecule has 0 spiro atoms. The second kappa shape index (κ2) is 9.50. The molecule has 0 aromatic heterocycles. The predicted octanol–water partition coefficient (Wildman–Crippen LogP) is 4.24. The van der Waals surface area contributed by atoms with E-state index in [-0.39, 0.29) is 16.6 Å². The zero-order valence-corrected chi connectivity index (χ0v) is 15.4. The first-order chi connectivity index (χ1) is 10.2. The molecule has 0 saturated heterocycles. The van der Waals surface area contributed by atoms with Crippen molar-refractivity contribution in [1.29, 1.82) is 0 Å². The summed E-state index contributed by atoms with van der Waals surface area (Å²) in [5.41, 5.74) is 3.56. The minimum absolute atomic E-state index is 0. The molecule has 0 bridgehead atoms. The zero-order valence-electron chi connectivity index (χ0n) is 14.5. The molecule has 1 aliphatic carbocycles. The van der Waals surface area contributed by atoms with E-state index in [1.807, 2.05) is 0 Å². The van der Waals surface area contributed by atoms with Crippen LogP contribution in [0.5, 0.6) is 0 Å². The van der Waals surface area contributed by atoms with Crippen LogP contribution in [0.3, 0.4) is 0 Å². The lowest BCUT2D eigenvalue weighted by Gasteiger charge is -2.42. The van der Waals surface area contributed by atoms with Gasteiger partial charge in [-0.3, -0.25) is 9.34 Å². The summed E-state index contributed by atoms with van der Waals surface area (Å²) in [6.45, 7) is 13.8. The highest BCUT2D eigenvalue weighted by Crippen LogP contribution is 2.51. The molecule has 3 radical (unpaired) electrons. The summed E-state index contributed by atoms with van der Waals surface area (Å²) in [6.07, 6.45) is 5.99. The number of allylic oxidation sites excluding steroid dienone is 1. The summed E-state index contributed by atoms with van der Waals surface area (Å²) < 4.78 is 5.34. The van der Waals surface area contributed by atoms with E-state index in [0.717, 1.165) is 26.2 Å². The fourth-order valence-corrected chi connectivity index (χ4v) is 6.13. The minimum Gasteiger partial charge on any atom is -0.270 e. The highest BCUT2D eigenvalue weighted by Gasteiger charge is 2.30. The van der Waals surface area contributed by atoms with Crippen molar-refractivity contribution in [3.63, 3.8) is 0 Å². The van der Waals surface area contributed by atoms with Crippen molar-refractivity contribution in [2.45, 2.75) is 39.8 Å². The van der Waals surface area contributed by atoms with Crippen molar-refractivity contribution in [1.82, 2.24) is 9.34 Å². The standard InChI is InChI=1S/C18H29N2P.B/c1-5-19(6-2)21(20(7-3)8-4)18-14-13-16-11-9-10-12-17(16)15-18;/h9-14,18H,5-8,15H2,1-4H3;. The van der Waals surface area contributed by atoms with Gasteiger partial charge < -0.3 is 0 Å². The molecule has 0 aliphatic heterocycles. The summed E-state index contributed by atoms with van der Waals surface area (Å²) in [5, 5.41) is 0. The van der Waals surface area contributed by atoms with Crippen LogP contribution in [0.2, 0.25) is 0 Å². The minimum atomic E-state index is -0.251. The van der Waals surface area contributed by atoms with Crippen molar-refractivity contribution in [2.75, 3.05) is 26.2 Å². The van der Waals surface area contributed by atoms with Crippen molar-refractivity contribution >= 4 is 22.7 Å². The van der Waals surface area contributed by atoms with Gasteiger partial charge in [0.2, 0.25) is 0 Å². The molecule has 0 heterocycles. The average molecular weight is 315 g/mol. The Kier molecular flexibility index (Phi) is 8.39. The zero-order chi connectivity index (χ0) is 15.2.